The number of benzene rings is 3. The number of rotatable bonds is 6. The van der Waals surface area contributed by atoms with Crippen molar-refractivity contribution in [3.05, 3.63) is 89.2 Å². The Balaban J connectivity index is 1.42. The minimum Gasteiger partial charge on any atom is -0.497 e. The zero-order valence-corrected chi connectivity index (χ0v) is 17.8. The number of hydrogen-bond donors (Lipinski definition) is 1. The number of hydrogen-bond acceptors (Lipinski definition) is 5. The van der Waals surface area contributed by atoms with E-state index in [1.165, 1.54) is 37.4 Å². The lowest BCUT2D eigenvalue weighted by molar-refractivity contribution is -0.137. The summed E-state index contributed by atoms with van der Waals surface area (Å²) in [7, 11) is 1.54. The number of halogens is 3. The van der Waals surface area contributed by atoms with E-state index >= 15 is 0 Å². The molecule has 3 aromatic rings. The van der Waals surface area contributed by atoms with Crippen molar-refractivity contribution in [1.29, 1.82) is 0 Å². The number of carbonyl (C=O) groups excluding carboxylic acids is 2. The Morgan fingerprint density at radius 1 is 1.03 bits per heavy atom. The quantitative estimate of drug-likeness (QED) is 0.493. The van der Waals surface area contributed by atoms with E-state index in [-0.39, 0.29) is 28.7 Å². The number of ketones is 1. The molecule has 0 atom stereocenters. The molecular weight excluding hydrogens is 451 g/mol. The molecule has 1 amide bonds. The molecule has 1 N–H and O–H groups in total. The second-order valence-electron chi connectivity index (χ2n) is 7.25. The van der Waals surface area contributed by atoms with Gasteiger partial charge in [-0.2, -0.15) is 13.2 Å². The maximum absolute atomic E-state index is 13.1. The number of nitrogens with one attached hydrogen (secondary N) is 1. The first-order chi connectivity index (χ1) is 16.2. The molecular formula is C25H18F3NO5. The van der Waals surface area contributed by atoms with Crippen LogP contribution in [0.25, 0.3) is 6.08 Å². The van der Waals surface area contributed by atoms with Gasteiger partial charge in [-0.05, 0) is 48.0 Å². The zero-order chi connectivity index (χ0) is 24.3. The Hall–Kier alpha value is -4.27. The average Bonchev–Trinajstić information content (AvgIpc) is 3.12. The minimum absolute atomic E-state index is 0.113. The van der Waals surface area contributed by atoms with E-state index in [9.17, 15) is 22.8 Å². The third-order valence-electron chi connectivity index (χ3n) is 4.91. The number of allylic oxidation sites excluding steroid dienone is 1. The number of amides is 1. The van der Waals surface area contributed by atoms with Crippen LogP contribution in [0.5, 0.6) is 17.2 Å². The number of ether oxygens (including phenoxy) is 3. The van der Waals surface area contributed by atoms with Crippen molar-refractivity contribution in [2.45, 2.75) is 6.18 Å². The van der Waals surface area contributed by atoms with Crippen molar-refractivity contribution in [2.75, 3.05) is 19.0 Å². The second kappa shape index (κ2) is 9.30. The maximum atomic E-state index is 13.1. The smallest absolute Gasteiger partial charge is 0.418 e. The third-order valence-corrected chi connectivity index (χ3v) is 4.91. The van der Waals surface area contributed by atoms with Crippen molar-refractivity contribution in [3.63, 3.8) is 0 Å². The van der Waals surface area contributed by atoms with Crippen LogP contribution in [0.15, 0.2) is 72.5 Å². The first kappa shape index (κ1) is 22.9. The van der Waals surface area contributed by atoms with Crippen molar-refractivity contribution < 1.29 is 37.0 Å². The molecule has 174 valence electrons. The number of Topliss-reactive ketones (excluding diaryl/α,β-unsaturated/α-hetero) is 1. The predicted molar refractivity (Wildman–Crippen MR) is 118 cm³/mol. The summed E-state index contributed by atoms with van der Waals surface area (Å²) >= 11 is 0. The van der Waals surface area contributed by atoms with Crippen LogP contribution >= 0.6 is 0 Å². The number of para-hydroxylation sites is 1. The summed E-state index contributed by atoms with van der Waals surface area (Å²) in [5.41, 5.74) is -0.283. The summed E-state index contributed by atoms with van der Waals surface area (Å²) in [6, 6.07) is 16.2. The molecule has 0 fully saturated rings. The fourth-order valence-corrected chi connectivity index (χ4v) is 3.31. The normalized spacial score (nSPS) is 13.9. The van der Waals surface area contributed by atoms with Crippen molar-refractivity contribution >= 4 is 23.5 Å². The molecule has 4 rings (SSSR count). The van der Waals surface area contributed by atoms with Crippen LogP contribution in [0.2, 0.25) is 0 Å². The fourth-order valence-electron chi connectivity index (χ4n) is 3.31. The van der Waals surface area contributed by atoms with Gasteiger partial charge >= 0.3 is 6.18 Å². The molecule has 0 unspecified atom stereocenters. The highest BCUT2D eigenvalue weighted by Gasteiger charge is 2.33. The first-order valence-corrected chi connectivity index (χ1v) is 10.1. The van der Waals surface area contributed by atoms with Crippen molar-refractivity contribution in [3.8, 4) is 17.2 Å². The molecule has 0 saturated carbocycles. The maximum Gasteiger partial charge on any atom is 0.418 e. The second-order valence-corrected chi connectivity index (χ2v) is 7.25. The Bertz CT molecular complexity index is 1280. The molecule has 6 nitrogen and oxygen atoms in total. The van der Waals surface area contributed by atoms with Gasteiger partial charge in [0, 0.05) is 6.07 Å². The highest BCUT2D eigenvalue weighted by atomic mass is 19.4. The monoisotopic (exact) mass is 469 g/mol. The van der Waals surface area contributed by atoms with E-state index in [1.807, 2.05) is 0 Å². The Morgan fingerprint density at radius 2 is 1.82 bits per heavy atom. The van der Waals surface area contributed by atoms with Gasteiger partial charge < -0.3 is 19.5 Å². The lowest BCUT2D eigenvalue weighted by Crippen LogP contribution is -2.22. The summed E-state index contributed by atoms with van der Waals surface area (Å²) in [5.74, 6) is 0.123. The summed E-state index contributed by atoms with van der Waals surface area (Å²) in [6.07, 6.45) is -3.03. The van der Waals surface area contributed by atoms with Gasteiger partial charge in [0.05, 0.1) is 23.9 Å². The minimum atomic E-state index is -4.61. The number of anilines is 1. The molecule has 0 bridgehead atoms. The topological polar surface area (TPSA) is 73.9 Å². The fraction of sp³-hybridized carbons (Fsp3) is 0.120. The van der Waals surface area contributed by atoms with E-state index in [0.29, 0.717) is 16.9 Å². The van der Waals surface area contributed by atoms with Gasteiger partial charge in [-0.3, -0.25) is 9.59 Å². The molecule has 0 saturated heterocycles. The summed E-state index contributed by atoms with van der Waals surface area (Å²) in [4.78, 5) is 24.8. The van der Waals surface area contributed by atoms with E-state index in [2.05, 4.69) is 5.32 Å². The van der Waals surface area contributed by atoms with E-state index in [0.717, 1.165) is 12.1 Å². The number of methoxy groups -OCH3 is 1. The van der Waals surface area contributed by atoms with Crippen LogP contribution in [0.4, 0.5) is 18.9 Å². The van der Waals surface area contributed by atoms with E-state index < -0.39 is 24.3 Å². The predicted octanol–water partition coefficient (Wildman–Crippen LogP) is 5.35. The van der Waals surface area contributed by atoms with Gasteiger partial charge in [0.25, 0.3) is 5.91 Å². The molecule has 9 heteroatoms. The lowest BCUT2D eigenvalue weighted by atomic mass is 10.1. The SMILES string of the molecule is COc1cccc(C=C2Oc3cc(OCC(=O)Nc4ccccc4C(F)(F)F)ccc3C2=O)c1. The zero-order valence-electron chi connectivity index (χ0n) is 17.8. The van der Waals surface area contributed by atoms with Crippen molar-refractivity contribution in [2.24, 2.45) is 0 Å². The van der Waals surface area contributed by atoms with Crippen LogP contribution in [-0.4, -0.2) is 25.4 Å². The molecule has 0 radical (unpaired) electrons. The van der Waals surface area contributed by atoms with Gasteiger partial charge in [-0.25, -0.2) is 0 Å². The molecule has 0 aromatic heterocycles. The standard InChI is InChI=1S/C25H18F3NO5/c1-32-16-6-4-5-15(11-16)12-22-24(31)18-10-9-17(13-21(18)34-22)33-14-23(30)29-20-8-3-2-7-19(20)25(26,27)28/h2-13H,14H2,1H3,(H,29,30). The van der Waals surface area contributed by atoms with Crippen LogP contribution in [0.1, 0.15) is 21.5 Å². The average molecular weight is 469 g/mol. The number of carbonyl (C=O) groups is 2. The highest BCUT2D eigenvalue weighted by Crippen LogP contribution is 2.36. The summed E-state index contributed by atoms with van der Waals surface area (Å²) in [5, 5.41) is 2.20. The molecule has 3 aromatic carbocycles. The molecule has 1 aliphatic heterocycles. The highest BCUT2D eigenvalue weighted by molar-refractivity contribution is 6.14. The number of fused-ring (bicyclic) bond motifs is 1. The largest absolute Gasteiger partial charge is 0.497 e. The van der Waals surface area contributed by atoms with E-state index in [4.69, 9.17) is 14.2 Å². The van der Waals surface area contributed by atoms with Gasteiger partial charge in [-0.15, -0.1) is 0 Å². The van der Waals surface area contributed by atoms with Crippen molar-refractivity contribution in [1.82, 2.24) is 0 Å². The van der Waals surface area contributed by atoms with Gasteiger partial charge in [0.1, 0.15) is 17.2 Å². The van der Waals surface area contributed by atoms with Gasteiger partial charge in [0.2, 0.25) is 5.78 Å². The summed E-state index contributed by atoms with van der Waals surface area (Å²) in [6.45, 7) is -0.536. The third kappa shape index (κ3) is 5.03. The van der Waals surface area contributed by atoms with Gasteiger partial charge in [-0.1, -0.05) is 24.3 Å². The molecule has 34 heavy (non-hydrogen) atoms. The number of alkyl halides is 3. The molecule has 0 aliphatic carbocycles. The summed E-state index contributed by atoms with van der Waals surface area (Å²) < 4.78 is 55.5. The Morgan fingerprint density at radius 3 is 2.59 bits per heavy atom. The van der Waals surface area contributed by atoms with Gasteiger partial charge in [0.15, 0.2) is 12.4 Å². The van der Waals surface area contributed by atoms with Crippen LogP contribution < -0.4 is 19.5 Å². The van der Waals surface area contributed by atoms with Crippen LogP contribution in [0.3, 0.4) is 0 Å². The molecule has 1 heterocycles. The first-order valence-electron chi connectivity index (χ1n) is 10.1. The lowest BCUT2D eigenvalue weighted by Gasteiger charge is -2.14. The molecule has 1 aliphatic rings. The Kier molecular flexibility index (Phi) is 6.27. The van der Waals surface area contributed by atoms with Crippen LogP contribution in [0, 0.1) is 0 Å². The van der Waals surface area contributed by atoms with Crippen LogP contribution in [-0.2, 0) is 11.0 Å². The van der Waals surface area contributed by atoms with E-state index in [1.54, 1.807) is 30.3 Å². The molecule has 0 spiro atoms. The Labute approximate surface area is 192 Å².